The van der Waals surface area contributed by atoms with Gasteiger partial charge in [0.15, 0.2) is 5.92 Å². The van der Waals surface area contributed by atoms with Crippen LogP contribution in [0.5, 0.6) is 0 Å². The molecule has 0 radical (unpaired) electrons. The zero-order valence-corrected chi connectivity index (χ0v) is 15.1. The molecule has 0 aromatic rings. The van der Waals surface area contributed by atoms with Gasteiger partial charge in [0, 0.05) is 5.92 Å². The van der Waals surface area contributed by atoms with E-state index < -0.39 is 18.6 Å². The first-order chi connectivity index (χ1) is 11.2. The summed E-state index contributed by atoms with van der Waals surface area (Å²) in [7, 11) is 0. The lowest BCUT2D eigenvalue weighted by Gasteiger charge is -2.68. The molecular formula is C18H28BNO4. The topological polar surface area (TPSA) is 63.6 Å². The highest BCUT2D eigenvalue weighted by Gasteiger charge is 2.69. The third-order valence-corrected chi connectivity index (χ3v) is 8.09. The van der Waals surface area contributed by atoms with E-state index in [4.69, 9.17) is 4.65 Å². The van der Waals surface area contributed by atoms with Gasteiger partial charge >= 0.3 is 6.69 Å². The van der Waals surface area contributed by atoms with E-state index in [1.807, 2.05) is 6.92 Å². The molecule has 5 aliphatic rings. The summed E-state index contributed by atoms with van der Waals surface area (Å²) in [6, 6.07) is 0.185. The van der Waals surface area contributed by atoms with Crippen molar-refractivity contribution in [1.29, 1.82) is 0 Å². The van der Waals surface area contributed by atoms with E-state index >= 15 is 0 Å². The van der Waals surface area contributed by atoms with Gasteiger partial charge in [-0.2, -0.15) is 0 Å². The molecule has 0 spiro atoms. The fourth-order valence-electron chi connectivity index (χ4n) is 6.54. The smallest absolute Gasteiger partial charge is 0.548 e. The maximum atomic E-state index is 12.5. The number of quaternary nitrogens is 1. The van der Waals surface area contributed by atoms with Crippen LogP contribution in [-0.2, 0) is 14.2 Å². The summed E-state index contributed by atoms with van der Waals surface area (Å²) in [6.45, 7) is 6.90. The molecule has 0 aromatic carbocycles. The highest BCUT2D eigenvalue weighted by atomic mass is 16.6. The van der Waals surface area contributed by atoms with Crippen LogP contribution >= 0.6 is 0 Å². The molecule has 2 heterocycles. The SMILES string of the molecule is C/C=C/[B-]1(O)OC(=O)C2C[N@+]1(C1C[C@@H]3CC([C@H]1C)C3(C)C)CC2=O. The molecule has 0 aromatic heterocycles. The Morgan fingerprint density at radius 1 is 1.33 bits per heavy atom. The first kappa shape index (κ1) is 16.3. The summed E-state index contributed by atoms with van der Waals surface area (Å²) in [5.41, 5.74) is 0.343. The van der Waals surface area contributed by atoms with Crippen molar-refractivity contribution in [3.63, 3.8) is 0 Å². The van der Waals surface area contributed by atoms with Gasteiger partial charge in [-0.25, -0.2) is 0 Å². The van der Waals surface area contributed by atoms with E-state index in [2.05, 4.69) is 20.8 Å². The first-order valence-electron chi connectivity index (χ1n) is 9.29. The second-order valence-electron chi connectivity index (χ2n) is 9.21. The quantitative estimate of drug-likeness (QED) is 0.617. The largest absolute Gasteiger partial charge is 0.611 e. The monoisotopic (exact) mass is 333 g/mol. The lowest BCUT2D eigenvalue weighted by atomic mass is 9.43. The van der Waals surface area contributed by atoms with E-state index in [9.17, 15) is 14.6 Å². The number of hydrogen-bond donors (Lipinski definition) is 1. The lowest BCUT2D eigenvalue weighted by Crippen LogP contribution is -2.79. The van der Waals surface area contributed by atoms with E-state index in [1.54, 1.807) is 12.1 Å². The summed E-state index contributed by atoms with van der Waals surface area (Å²) < 4.78 is 5.78. The third-order valence-electron chi connectivity index (χ3n) is 8.09. The fraction of sp³-hybridized carbons (Fsp3) is 0.778. The number of ketones is 1. The van der Waals surface area contributed by atoms with Crippen LogP contribution in [0.15, 0.2) is 12.1 Å². The number of hydrogen-bond acceptors (Lipinski definition) is 4. The molecule has 5 nitrogen and oxygen atoms in total. The van der Waals surface area contributed by atoms with E-state index in [1.165, 1.54) is 6.42 Å². The molecule has 0 amide bonds. The summed E-state index contributed by atoms with van der Waals surface area (Å²) in [4.78, 5) is 24.7. The van der Waals surface area contributed by atoms with Gasteiger partial charge in [0.2, 0.25) is 5.78 Å². The van der Waals surface area contributed by atoms with Crippen molar-refractivity contribution >= 4 is 18.4 Å². The standard InChI is InChI=1S/C18H28BNO4/c1-5-6-19(23)20(9-13(16(21)10-20)17(22)24-19)15-8-12-7-14(11(15)2)18(12,3)4/h5-6,11-15,23H,7-10H2,1-4H3/b6-5+/t11-,12+,13?,14?,15?,19?,20-/m1/s1. The molecule has 132 valence electrons. The van der Waals surface area contributed by atoms with E-state index in [0.29, 0.717) is 29.7 Å². The minimum absolute atomic E-state index is 0.0620. The molecule has 5 rings (SSSR count). The second-order valence-corrected chi connectivity index (χ2v) is 9.21. The number of rotatable bonds is 2. The van der Waals surface area contributed by atoms with E-state index in [-0.39, 0.29) is 22.8 Å². The van der Waals surface area contributed by atoms with Crippen molar-refractivity contribution in [2.24, 2.45) is 29.1 Å². The van der Waals surface area contributed by atoms with Gasteiger partial charge in [0.1, 0.15) is 6.54 Å². The Morgan fingerprint density at radius 2 is 2.04 bits per heavy atom. The summed E-state index contributed by atoms with van der Waals surface area (Å²) in [5, 5.41) is 11.4. The second kappa shape index (κ2) is 4.73. The van der Waals surface area contributed by atoms with Crippen LogP contribution < -0.4 is 0 Å². The normalized spacial score (nSPS) is 52.3. The maximum Gasteiger partial charge on any atom is 0.548 e. The first-order valence-corrected chi connectivity index (χ1v) is 9.29. The number of allylic oxidation sites excluding steroid dienone is 1. The Labute approximate surface area is 143 Å². The van der Waals surface area contributed by atoms with Crippen molar-refractivity contribution < 1.29 is 23.7 Å². The fourth-order valence-corrected chi connectivity index (χ4v) is 6.54. The minimum atomic E-state index is -2.50. The van der Waals surface area contributed by atoms with Gasteiger partial charge in [0.05, 0.1) is 12.6 Å². The molecular weight excluding hydrogens is 305 g/mol. The molecule has 5 fully saturated rings. The van der Waals surface area contributed by atoms with Crippen LogP contribution in [0.25, 0.3) is 0 Å². The number of carbonyl (C=O) groups excluding carboxylic acids is 2. The van der Waals surface area contributed by atoms with Crippen LogP contribution in [0.2, 0.25) is 0 Å². The minimum Gasteiger partial charge on any atom is -0.611 e. The summed E-state index contributed by atoms with van der Waals surface area (Å²) >= 11 is 0. The van der Waals surface area contributed by atoms with Gasteiger partial charge in [-0.3, -0.25) is 9.59 Å². The molecule has 1 N–H and O–H groups in total. The Bertz CT molecular complexity index is 647. The van der Waals surface area contributed by atoms with Crippen molar-refractivity contribution in [2.75, 3.05) is 13.1 Å². The van der Waals surface area contributed by atoms with Gasteiger partial charge in [-0.15, -0.1) is 12.1 Å². The Balaban J connectivity index is 1.77. The molecule has 4 bridgehead atoms. The molecule has 7 atom stereocenters. The predicted molar refractivity (Wildman–Crippen MR) is 90.3 cm³/mol. The lowest BCUT2D eigenvalue weighted by molar-refractivity contribution is -0.870. The number of carbonyl (C=O) groups is 2. The molecule has 2 saturated heterocycles. The van der Waals surface area contributed by atoms with Gasteiger partial charge in [0.25, 0.3) is 5.97 Å². The number of Topliss-reactive ketones (excluding diaryl/α,β-unsaturated/α-hetero) is 1. The molecule has 2 aliphatic heterocycles. The highest BCUT2D eigenvalue weighted by Crippen LogP contribution is 2.63. The van der Waals surface area contributed by atoms with Crippen molar-refractivity contribution in [1.82, 2.24) is 0 Å². The van der Waals surface area contributed by atoms with Crippen molar-refractivity contribution in [2.45, 2.75) is 46.6 Å². The summed E-state index contributed by atoms with van der Waals surface area (Å²) in [6.07, 6.45) is 4.00. The summed E-state index contributed by atoms with van der Waals surface area (Å²) in [5.74, 6) is 2.00. The van der Waals surface area contributed by atoms with Crippen LogP contribution in [0, 0.1) is 29.1 Å². The Hall–Kier alpha value is -1.14. The Morgan fingerprint density at radius 3 is 2.62 bits per heavy atom. The van der Waals surface area contributed by atoms with Gasteiger partial charge in [-0.05, 0) is 37.0 Å². The highest BCUT2D eigenvalue weighted by molar-refractivity contribution is 6.66. The average molecular weight is 333 g/mol. The van der Waals surface area contributed by atoms with Crippen LogP contribution in [0.3, 0.4) is 0 Å². The predicted octanol–water partition coefficient (Wildman–Crippen LogP) is 1.68. The average Bonchev–Trinajstić information content (AvgIpc) is 2.82. The molecule has 3 aliphatic carbocycles. The van der Waals surface area contributed by atoms with Crippen LogP contribution in [0.4, 0.5) is 0 Å². The zero-order valence-electron chi connectivity index (χ0n) is 15.1. The molecule has 4 unspecified atom stereocenters. The Kier molecular flexibility index (Phi) is 3.22. The molecule has 3 saturated carbocycles. The molecule has 6 heteroatoms. The molecule has 24 heavy (non-hydrogen) atoms. The van der Waals surface area contributed by atoms with E-state index in [0.717, 1.165) is 6.42 Å². The van der Waals surface area contributed by atoms with Crippen molar-refractivity contribution in [3.05, 3.63) is 12.1 Å². The van der Waals surface area contributed by atoms with Crippen LogP contribution in [0.1, 0.15) is 40.5 Å². The van der Waals surface area contributed by atoms with Gasteiger partial charge in [-0.1, -0.05) is 20.8 Å². The van der Waals surface area contributed by atoms with Crippen LogP contribution in [-0.4, -0.2) is 47.0 Å². The number of nitrogens with zero attached hydrogens (tertiary/aromatic N) is 1. The zero-order chi connectivity index (χ0) is 17.5. The maximum absolute atomic E-state index is 12.5. The number of fused-ring (bicyclic) bond motifs is 5. The van der Waals surface area contributed by atoms with Crippen molar-refractivity contribution in [3.8, 4) is 0 Å². The van der Waals surface area contributed by atoms with Gasteiger partial charge < -0.3 is 14.1 Å². The third kappa shape index (κ3) is 1.74.